The number of para-hydroxylation sites is 1. The molecule has 5 nitrogen and oxygen atoms in total. The summed E-state index contributed by atoms with van der Waals surface area (Å²) in [5, 5.41) is 13.5. The van der Waals surface area contributed by atoms with Crippen LogP contribution in [0.3, 0.4) is 0 Å². The fourth-order valence-corrected chi connectivity index (χ4v) is 2.39. The first-order valence-electron chi connectivity index (χ1n) is 7.74. The van der Waals surface area contributed by atoms with Crippen molar-refractivity contribution in [3.05, 3.63) is 78.9 Å². The van der Waals surface area contributed by atoms with Crippen LogP contribution >= 0.6 is 0 Å². The van der Waals surface area contributed by atoms with Crippen molar-refractivity contribution in [2.24, 2.45) is 0 Å². The molecule has 0 saturated heterocycles. The number of rotatable bonds is 4. The van der Waals surface area contributed by atoms with Crippen molar-refractivity contribution in [1.82, 2.24) is 10.1 Å². The van der Waals surface area contributed by atoms with Crippen LogP contribution in [-0.2, 0) is 0 Å². The van der Waals surface area contributed by atoms with Crippen molar-refractivity contribution in [3.63, 3.8) is 0 Å². The molecule has 0 aliphatic heterocycles. The Morgan fingerprint density at radius 3 is 2.28 bits per heavy atom. The molecular formula is C20H14N2O3. The Morgan fingerprint density at radius 1 is 0.760 bits per heavy atom. The van der Waals surface area contributed by atoms with E-state index in [2.05, 4.69) is 10.1 Å². The Kier molecular flexibility index (Phi) is 3.88. The van der Waals surface area contributed by atoms with Gasteiger partial charge in [-0.15, -0.1) is 0 Å². The topological polar surface area (TPSA) is 68.4 Å². The van der Waals surface area contributed by atoms with Gasteiger partial charge in [-0.2, -0.15) is 4.98 Å². The van der Waals surface area contributed by atoms with E-state index in [0.29, 0.717) is 17.3 Å². The average Bonchev–Trinajstić information content (AvgIpc) is 3.13. The van der Waals surface area contributed by atoms with E-state index in [1.807, 2.05) is 54.6 Å². The van der Waals surface area contributed by atoms with Crippen molar-refractivity contribution < 1.29 is 14.4 Å². The number of aromatic hydroxyl groups is 1. The van der Waals surface area contributed by atoms with Crippen LogP contribution in [0.2, 0.25) is 0 Å². The standard InChI is InChI=1S/C20H14N2O3/c23-16-6-4-5-15(13-16)20-21-19(22-25-20)14-9-11-18(12-10-14)24-17-7-2-1-3-8-17/h1-13,23H. The third-order valence-corrected chi connectivity index (χ3v) is 3.61. The SMILES string of the molecule is Oc1cccc(-c2nc(-c3ccc(Oc4ccccc4)cc3)no2)c1. The van der Waals surface area contributed by atoms with Gasteiger partial charge >= 0.3 is 0 Å². The van der Waals surface area contributed by atoms with Gasteiger partial charge in [0.1, 0.15) is 17.2 Å². The van der Waals surface area contributed by atoms with E-state index in [0.717, 1.165) is 17.1 Å². The highest BCUT2D eigenvalue weighted by atomic mass is 16.5. The molecule has 0 atom stereocenters. The van der Waals surface area contributed by atoms with Gasteiger partial charge in [0.2, 0.25) is 5.82 Å². The molecule has 1 heterocycles. The van der Waals surface area contributed by atoms with Gasteiger partial charge in [-0.05, 0) is 54.6 Å². The Labute approximate surface area is 144 Å². The summed E-state index contributed by atoms with van der Waals surface area (Å²) in [5.41, 5.74) is 1.48. The summed E-state index contributed by atoms with van der Waals surface area (Å²) >= 11 is 0. The van der Waals surface area contributed by atoms with Crippen LogP contribution in [0.1, 0.15) is 0 Å². The number of hydrogen-bond donors (Lipinski definition) is 1. The predicted octanol–water partition coefficient (Wildman–Crippen LogP) is 4.90. The maximum Gasteiger partial charge on any atom is 0.258 e. The molecule has 1 N–H and O–H groups in total. The van der Waals surface area contributed by atoms with Crippen LogP contribution < -0.4 is 4.74 Å². The summed E-state index contributed by atoms with van der Waals surface area (Å²) in [7, 11) is 0. The molecule has 122 valence electrons. The molecule has 0 spiro atoms. The van der Waals surface area contributed by atoms with E-state index >= 15 is 0 Å². The van der Waals surface area contributed by atoms with E-state index in [1.54, 1.807) is 24.3 Å². The average molecular weight is 330 g/mol. The lowest BCUT2D eigenvalue weighted by Gasteiger charge is -2.05. The molecule has 4 aromatic rings. The Morgan fingerprint density at radius 2 is 1.52 bits per heavy atom. The van der Waals surface area contributed by atoms with Gasteiger partial charge in [0.05, 0.1) is 0 Å². The molecule has 0 amide bonds. The third-order valence-electron chi connectivity index (χ3n) is 3.61. The highest BCUT2D eigenvalue weighted by molar-refractivity contribution is 5.61. The smallest absolute Gasteiger partial charge is 0.258 e. The lowest BCUT2D eigenvalue weighted by atomic mass is 10.2. The summed E-state index contributed by atoms with van der Waals surface area (Å²) in [6.07, 6.45) is 0. The Hall–Kier alpha value is -3.60. The van der Waals surface area contributed by atoms with Crippen molar-refractivity contribution in [2.75, 3.05) is 0 Å². The van der Waals surface area contributed by atoms with Crippen LogP contribution in [-0.4, -0.2) is 15.2 Å². The molecule has 0 unspecified atom stereocenters. The summed E-state index contributed by atoms with van der Waals surface area (Å²) < 4.78 is 11.0. The van der Waals surface area contributed by atoms with E-state index in [1.165, 1.54) is 0 Å². The molecule has 25 heavy (non-hydrogen) atoms. The highest BCUT2D eigenvalue weighted by Crippen LogP contribution is 2.27. The molecule has 1 aromatic heterocycles. The van der Waals surface area contributed by atoms with Crippen LogP contribution in [0.15, 0.2) is 83.4 Å². The van der Waals surface area contributed by atoms with E-state index in [-0.39, 0.29) is 5.75 Å². The highest BCUT2D eigenvalue weighted by Gasteiger charge is 2.11. The molecule has 0 fully saturated rings. The minimum Gasteiger partial charge on any atom is -0.508 e. The fraction of sp³-hybridized carbons (Fsp3) is 0. The van der Waals surface area contributed by atoms with Gasteiger partial charge in [-0.25, -0.2) is 0 Å². The van der Waals surface area contributed by atoms with Gasteiger partial charge < -0.3 is 14.4 Å². The van der Waals surface area contributed by atoms with Crippen molar-refractivity contribution >= 4 is 0 Å². The lowest BCUT2D eigenvalue weighted by Crippen LogP contribution is -1.85. The molecular weight excluding hydrogens is 316 g/mol. The van der Waals surface area contributed by atoms with Gasteiger partial charge in [0.25, 0.3) is 5.89 Å². The summed E-state index contributed by atoms with van der Waals surface area (Å²) in [4.78, 5) is 4.38. The first-order chi connectivity index (χ1) is 12.3. The van der Waals surface area contributed by atoms with Gasteiger partial charge in [0.15, 0.2) is 0 Å². The first kappa shape index (κ1) is 15.0. The van der Waals surface area contributed by atoms with E-state index in [4.69, 9.17) is 9.26 Å². The predicted molar refractivity (Wildman–Crippen MR) is 93.4 cm³/mol. The fourth-order valence-electron chi connectivity index (χ4n) is 2.39. The summed E-state index contributed by atoms with van der Waals surface area (Å²) in [5.74, 6) is 2.49. The zero-order valence-electron chi connectivity index (χ0n) is 13.2. The molecule has 0 radical (unpaired) electrons. The van der Waals surface area contributed by atoms with Crippen LogP contribution in [0, 0.1) is 0 Å². The van der Waals surface area contributed by atoms with Crippen LogP contribution in [0.25, 0.3) is 22.8 Å². The van der Waals surface area contributed by atoms with Crippen molar-refractivity contribution in [2.45, 2.75) is 0 Å². The normalized spacial score (nSPS) is 10.6. The minimum atomic E-state index is 0.152. The van der Waals surface area contributed by atoms with Crippen LogP contribution in [0.5, 0.6) is 17.2 Å². The molecule has 0 aliphatic carbocycles. The van der Waals surface area contributed by atoms with Gasteiger partial charge in [-0.1, -0.05) is 29.4 Å². The van der Waals surface area contributed by atoms with Gasteiger partial charge in [0, 0.05) is 11.1 Å². The first-order valence-corrected chi connectivity index (χ1v) is 7.74. The maximum atomic E-state index is 9.55. The Bertz CT molecular complexity index is 979. The third kappa shape index (κ3) is 3.35. The number of phenolic OH excluding ortho intramolecular Hbond substituents is 1. The largest absolute Gasteiger partial charge is 0.508 e. The number of hydrogen-bond acceptors (Lipinski definition) is 5. The minimum absolute atomic E-state index is 0.152. The molecule has 4 rings (SSSR count). The zero-order valence-corrected chi connectivity index (χ0v) is 13.2. The second kappa shape index (κ2) is 6.49. The zero-order chi connectivity index (χ0) is 17.1. The van der Waals surface area contributed by atoms with E-state index in [9.17, 15) is 5.11 Å². The van der Waals surface area contributed by atoms with Gasteiger partial charge in [-0.3, -0.25) is 0 Å². The number of nitrogens with zero attached hydrogens (tertiary/aromatic N) is 2. The number of ether oxygens (including phenoxy) is 1. The number of phenols is 1. The second-order valence-corrected chi connectivity index (χ2v) is 5.41. The quantitative estimate of drug-likeness (QED) is 0.576. The number of benzene rings is 3. The molecule has 0 aliphatic rings. The Balaban J connectivity index is 1.55. The van der Waals surface area contributed by atoms with Crippen molar-refractivity contribution in [1.29, 1.82) is 0 Å². The lowest BCUT2D eigenvalue weighted by molar-refractivity contribution is 0.431. The number of aromatic nitrogens is 2. The van der Waals surface area contributed by atoms with E-state index < -0.39 is 0 Å². The molecule has 0 bridgehead atoms. The summed E-state index contributed by atoms with van der Waals surface area (Å²) in [6, 6.07) is 23.7. The monoisotopic (exact) mass is 330 g/mol. The second-order valence-electron chi connectivity index (χ2n) is 5.41. The maximum absolute atomic E-state index is 9.55. The molecule has 0 saturated carbocycles. The summed E-state index contributed by atoms with van der Waals surface area (Å²) in [6.45, 7) is 0. The molecule has 5 heteroatoms. The molecule has 3 aromatic carbocycles. The van der Waals surface area contributed by atoms with Crippen molar-refractivity contribution in [3.8, 4) is 40.1 Å². The van der Waals surface area contributed by atoms with Crippen LogP contribution in [0.4, 0.5) is 0 Å².